The minimum Gasteiger partial charge on any atom is -0.157 e. The molecular formula is C16H22BrClS. The van der Waals surface area contributed by atoms with Crippen LogP contribution in [-0.2, 0) is 5.75 Å². The third-order valence-electron chi connectivity index (χ3n) is 4.07. The van der Waals surface area contributed by atoms with E-state index in [1.807, 2.05) is 23.9 Å². The quantitative estimate of drug-likeness (QED) is 0.437. The number of benzene rings is 1. The van der Waals surface area contributed by atoms with Crippen LogP contribution in [0.15, 0.2) is 24.3 Å². The number of hydrogen-bond donors (Lipinski definition) is 0. The molecule has 1 aromatic rings. The maximum Gasteiger partial charge on any atom is 0.0446 e. The summed E-state index contributed by atoms with van der Waals surface area (Å²) in [6.07, 6.45) is 8.41. The SMILES string of the molecule is Clc1ccccc1CSCC1(CBr)CCCCCC1. The van der Waals surface area contributed by atoms with E-state index in [0.29, 0.717) is 5.41 Å². The van der Waals surface area contributed by atoms with Crippen molar-refractivity contribution in [2.24, 2.45) is 5.41 Å². The highest BCUT2D eigenvalue weighted by molar-refractivity contribution is 9.09. The van der Waals surface area contributed by atoms with Crippen molar-refractivity contribution in [3.8, 4) is 0 Å². The molecule has 0 nitrogen and oxygen atoms in total. The molecule has 0 unspecified atom stereocenters. The molecule has 0 aliphatic heterocycles. The zero-order chi connectivity index (χ0) is 13.6. The van der Waals surface area contributed by atoms with Crippen LogP contribution in [0.3, 0.4) is 0 Å². The van der Waals surface area contributed by atoms with Crippen LogP contribution >= 0.6 is 39.3 Å². The summed E-state index contributed by atoms with van der Waals surface area (Å²) in [6.45, 7) is 0. The van der Waals surface area contributed by atoms with Gasteiger partial charge in [-0.05, 0) is 29.9 Å². The Morgan fingerprint density at radius 3 is 2.42 bits per heavy atom. The minimum absolute atomic E-state index is 0.516. The first kappa shape index (κ1) is 15.7. The summed E-state index contributed by atoms with van der Waals surface area (Å²) < 4.78 is 0. The highest BCUT2D eigenvalue weighted by Gasteiger charge is 2.29. The Hall–Kier alpha value is 0.340. The normalized spacial score (nSPS) is 19.1. The van der Waals surface area contributed by atoms with Gasteiger partial charge in [-0.15, -0.1) is 0 Å². The summed E-state index contributed by atoms with van der Waals surface area (Å²) in [7, 11) is 0. The van der Waals surface area contributed by atoms with Gasteiger partial charge < -0.3 is 0 Å². The lowest BCUT2D eigenvalue weighted by Gasteiger charge is -2.30. The fraction of sp³-hybridized carbons (Fsp3) is 0.625. The van der Waals surface area contributed by atoms with Gasteiger partial charge in [-0.25, -0.2) is 0 Å². The monoisotopic (exact) mass is 360 g/mol. The summed E-state index contributed by atoms with van der Waals surface area (Å²) in [5.41, 5.74) is 1.79. The summed E-state index contributed by atoms with van der Waals surface area (Å²) in [6, 6.07) is 8.21. The maximum atomic E-state index is 6.22. The molecule has 0 atom stereocenters. The van der Waals surface area contributed by atoms with Gasteiger partial charge in [0.15, 0.2) is 0 Å². The average Bonchev–Trinajstić information content (AvgIpc) is 2.67. The molecule has 0 amide bonds. The maximum absolute atomic E-state index is 6.22. The lowest BCUT2D eigenvalue weighted by atomic mass is 9.85. The molecular weight excluding hydrogens is 340 g/mol. The fourth-order valence-corrected chi connectivity index (χ4v) is 5.49. The van der Waals surface area contributed by atoms with Gasteiger partial charge >= 0.3 is 0 Å². The standard InChI is InChI=1S/C16H22BrClS/c17-12-16(9-5-1-2-6-10-16)13-19-11-14-7-3-4-8-15(14)18/h3-4,7-8H,1-2,5-6,9-13H2. The second-order valence-electron chi connectivity index (χ2n) is 5.63. The first-order chi connectivity index (χ1) is 9.26. The predicted molar refractivity (Wildman–Crippen MR) is 91.5 cm³/mol. The van der Waals surface area contributed by atoms with Crippen molar-refractivity contribution in [3.63, 3.8) is 0 Å². The van der Waals surface area contributed by atoms with E-state index >= 15 is 0 Å². The van der Waals surface area contributed by atoms with E-state index in [-0.39, 0.29) is 0 Å². The lowest BCUT2D eigenvalue weighted by Crippen LogP contribution is -2.25. The van der Waals surface area contributed by atoms with Crippen molar-refractivity contribution in [3.05, 3.63) is 34.9 Å². The topological polar surface area (TPSA) is 0 Å². The Kier molecular flexibility index (Phi) is 6.58. The van der Waals surface area contributed by atoms with Crippen molar-refractivity contribution < 1.29 is 0 Å². The van der Waals surface area contributed by atoms with Crippen LogP contribution in [0.5, 0.6) is 0 Å². The molecule has 1 aliphatic rings. The van der Waals surface area contributed by atoms with Gasteiger partial charge in [0.1, 0.15) is 0 Å². The summed E-state index contributed by atoms with van der Waals surface area (Å²) in [5, 5.41) is 2.05. The molecule has 3 heteroatoms. The summed E-state index contributed by atoms with van der Waals surface area (Å²) in [4.78, 5) is 0. The number of alkyl halides is 1. The van der Waals surface area contributed by atoms with Crippen LogP contribution in [0.1, 0.15) is 44.1 Å². The Labute approximate surface area is 134 Å². The Morgan fingerprint density at radius 1 is 1.11 bits per heavy atom. The van der Waals surface area contributed by atoms with E-state index in [1.54, 1.807) is 0 Å². The second kappa shape index (κ2) is 7.95. The second-order valence-corrected chi connectivity index (χ2v) is 7.59. The van der Waals surface area contributed by atoms with Gasteiger partial charge in [0.25, 0.3) is 0 Å². The third-order valence-corrected chi connectivity index (χ3v) is 6.96. The van der Waals surface area contributed by atoms with Gasteiger partial charge in [0.05, 0.1) is 0 Å². The van der Waals surface area contributed by atoms with Gasteiger partial charge in [-0.3, -0.25) is 0 Å². The van der Waals surface area contributed by atoms with Crippen LogP contribution in [0.4, 0.5) is 0 Å². The first-order valence-corrected chi connectivity index (χ1v) is 9.78. The number of thioether (sulfide) groups is 1. The molecule has 106 valence electrons. The highest BCUT2D eigenvalue weighted by atomic mass is 79.9. The number of rotatable bonds is 5. The van der Waals surface area contributed by atoms with E-state index in [9.17, 15) is 0 Å². The molecule has 0 N–H and O–H groups in total. The summed E-state index contributed by atoms with van der Waals surface area (Å²) in [5.74, 6) is 2.29. The molecule has 0 spiro atoms. The van der Waals surface area contributed by atoms with Crippen LogP contribution in [0.2, 0.25) is 5.02 Å². The van der Waals surface area contributed by atoms with Crippen LogP contribution in [0, 0.1) is 5.41 Å². The predicted octanol–water partition coefficient (Wildman–Crippen LogP) is 6.31. The zero-order valence-corrected chi connectivity index (χ0v) is 14.5. The molecule has 0 saturated heterocycles. The van der Waals surface area contributed by atoms with Crippen molar-refractivity contribution in [2.45, 2.75) is 44.3 Å². The molecule has 19 heavy (non-hydrogen) atoms. The van der Waals surface area contributed by atoms with Crippen molar-refractivity contribution in [1.82, 2.24) is 0 Å². The molecule has 0 aromatic heterocycles. The lowest BCUT2D eigenvalue weighted by molar-refractivity contribution is 0.334. The van der Waals surface area contributed by atoms with Crippen LogP contribution < -0.4 is 0 Å². The number of halogens is 2. The molecule has 0 radical (unpaired) electrons. The third kappa shape index (κ3) is 4.68. The Balaban J connectivity index is 1.87. The minimum atomic E-state index is 0.516. The smallest absolute Gasteiger partial charge is 0.0446 e. The summed E-state index contributed by atoms with van der Waals surface area (Å²) >= 11 is 12.0. The highest BCUT2D eigenvalue weighted by Crippen LogP contribution is 2.40. The molecule has 1 saturated carbocycles. The van der Waals surface area contributed by atoms with E-state index in [0.717, 1.165) is 16.1 Å². The largest absolute Gasteiger partial charge is 0.157 e. The Bertz CT molecular complexity index is 386. The Morgan fingerprint density at radius 2 is 1.79 bits per heavy atom. The molecule has 1 aliphatic carbocycles. The molecule has 1 fully saturated rings. The van der Waals surface area contributed by atoms with Crippen molar-refractivity contribution >= 4 is 39.3 Å². The van der Waals surface area contributed by atoms with Crippen molar-refractivity contribution in [2.75, 3.05) is 11.1 Å². The first-order valence-electron chi connectivity index (χ1n) is 7.13. The van der Waals surface area contributed by atoms with Gasteiger partial charge in [-0.1, -0.05) is 71.4 Å². The van der Waals surface area contributed by atoms with Crippen LogP contribution in [-0.4, -0.2) is 11.1 Å². The molecule has 0 bridgehead atoms. The van der Waals surface area contributed by atoms with E-state index < -0.39 is 0 Å². The van der Waals surface area contributed by atoms with Gasteiger partial charge in [0, 0.05) is 21.9 Å². The number of hydrogen-bond acceptors (Lipinski definition) is 1. The molecule has 0 heterocycles. The van der Waals surface area contributed by atoms with Gasteiger partial charge in [0.2, 0.25) is 0 Å². The molecule has 1 aromatic carbocycles. The molecule has 2 rings (SSSR count). The fourth-order valence-electron chi connectivity index (χ4n) is 2.79. The zero-order valence-electron chi connectivity index (χ0n) is 11.3. The van der Waals surface area contributed by atoms with Gasteiger partial charge in [-0.2, -0.15) is 11.8 Å². The van der Waals surface area contributed by atoms with Crippen molar-refractivity contribution in [1.29, 1.82) is 0 Å². The van der Waals surface area contributed by atoms with E-state index in [4.69, 9.17) is 11.6 Å². The van der Waals surface area contributed by atoms with E-state index in [1.165, 1.54) is 49.8 Å². The average molecular weight is 362 g/mol. The van der Waals surface area contributed by atoms with E-state index in [2.05, 4.69) is 28.1 Å². The van der Waals surface area contributed by atoms with Crippen LogP contribution in [0.25, 0.3) is 0 Å².